The van der Waals surface area contributed by atoms with Gasteiger partial charge in [0, 0.05) is 42.8 Å². The Morgan fingerprint density at radius 1 is 1.39 bits per heavy atom. The van der Waals surface area contributed by atoms with Crippen LogP contribution >= 0.6 is 11.6 Å². The number of hydrogen-bond donors (Lipinski definition) is 2. The smallest absolute Gasteiger partial charge is 0.322 e. The molecule has 0 radical (unpaired) electrons. The number of pyridine rings is 1. The third-order valence-electron chi connectivity index (χ3n) is 3.40. The van der Waals surface area contributed by atoms with Crippen molar-refractivity contribution in [2.45, 2.75) is 19.9 Å². The number of aromatic nitrogens is 1. The van der Waals surface area contributed by atoms with Gasteiger partial charge in [-0.3, -0.25) is 4.98 Å². The third kappa shape index (κ3) is 5.23. The van der Waals surface area contributed by atoms with Crippen molar-refractivity contribution in [2.24, 2.45) is 0 Å². The van der Waals surface area contributed by atoms with Crippen LogP contribution in [0.4, 0.5) is 10.5 Å². The van der Waals surface area contributed by atoms with Crippen molar-refractivity contribution in [2.75, 3.05) is 18.5 Å². The van der Waals surface area contributed by atoms with Gasteiger partial charge in [-0.15, -0.1) is 0 Å². The van der Waals surface area contributed by atoms with E-state index in [0.29, 0.717) is 24.5 Å². The fourth-order valence-electron chi connectivity index (χ4n) is 2.18. The first-order valence-corrected chi connectivity index (χ1v) is 7.80. The molecule has 0 aliphatic carbocycles. The number of benzene rings is 1. The second kappa shape index (κ2) is 8.50. The van der Waals surface area contributed by atoms with E-state index in [0.717, 1.165) is 16.8 Å². The first kappa shape index (κ1) is 17.2. The zero-order valence-corrected chi connectivity index (χ0v) is 13.8. The number of nitrogens with one attached hydrogen (secondary N) is 1. The molecule has 1 heterocycles. The summed E-state index contributed by atoms with van der Waals surface area (Å²) in [6.45, 7) is 2.81. The minimum atomic E-state index is -0.215. The lowest BCUT2D eigenvalue weighted by Gasteiger charge is -2.23. The molecule has 0 saturated carbocycles. The molecule has 2 N–H and O–H groups in total. The molecule has 2 rings (SSSR count). The fourth-order valence-corrected chi connectivity index (χ4v) is 2.39. The standard InChI is InChI=1S/C17H20ClN3O2/c1-13-11-19-7-6-16(13)20-17(23)21(8-3-9-22)12-14-4-2-5-15(18)10-14/h2,4-7,10-11,22H,3,8-9,12H2,1H3,(H,19,20,23). The van der Waals surface area contributed by atoms with Gasteiger partial charge in [-0.25, -0.2) is 4.79 Å². The van der Waals surface area contributed by atoms with Crippen LogP contribution in [0.15, 0.2) is 42.7 Å². The van der Waals surface area contributed by atoms with E-state index in [1.165, 1.54) is 0 Å². The third-order valence-corrected chi connectivity index (χ3v) is 3.63. The first-order chi connectivity index (χ1) is 11.1. The molecule has 0 bridgehead atoms. The van der Waals surface area contributed by atoms with Crippen molar-refractivity contribution >= 4 is 23.3 Å². The Hall–Kier alpha value is -2.11. The molecule has 0 aliphatic rings. The number of aliphatic hydroxyl groups excluding tert-OH is 1. The van der Waals surface area contributed by atoms with E-state index in [4.69, 9.17) is 16.7 Å². The lowest BCUT2D eigenvalue weighted by molar-refractivity contribution is 0.199. The maximum absolute atomic E-state index is 12.5. The largest absolute Gasteiger partial charge is 0.396 e. The maximum atomic E-state index is 12.5. The Kier molecular flexibility index (Phi) is 6.38. The number of rotatable bonds is 6. The van der Waals surface area contributed by atoms with Crippen molar-refractivity contribution in [3.05, 3.63) is 58.9 Å². The van der Waals surface area contributed by atoms with E-state index >= 15 is 0 Å². The number of aliphatic hydroxyl groups is 1. The van der Waals surface area contributed by atoms with Gasteiger partial charge in [-0.05, 0) is 42.7 Å². The summed E-state index contributed by atoms with van der Waals surface area (Å²) < 4.78 is 0. The molecule has 0 unspecified atom stereocenters. The summed E-state index contributed by atoms with van der Waals surface area (Å²) in [4.78, 5) is 18.2. The molecule has 2 aromatic rings. The number of amides is 2. The second-order valence-electron chi connectivity index (χ2n) is 5.25. The van der Waals surface area contributed by atoms with Crippen LogP contribution in [0.3, 0.4) is 0 Å². The summed E-state index contributed by atoms with van der Waals surface area (Å²) in [5, 5.41) is 12.6. The van der Waals surface area contributed by atoms with Gasteiger partial charge < -0.3 is 15.3 Å². The molecular weight excluding hydrogens is 314 g/mol. The molecule has 0 fully saturated rings. The molecule has 0 spiro atoms. The second-order valence-corrected chi connectivity index (χ2v) is 5.69. The normalized spacial score (nSPS) is 10.4. The van der Waals surface area contributed by atoms with Crippen LogP contribution in [0.5, 0.6) is 0 Å². The van der Waals surface area contributed by atoms with Gasteiger partial charge in [0.2, 0.25) is 0 Å². The molecule has 0 atom stereocenters. The highest BCUT2D eigenvalue weighted by molar-refractivity contribution is 6.30. The summed E-state index contributed by atoms with van der Waals surface area (Å²) in [7, 11) is 0. The predicted octanol–water partition coefficient (Wildman–Crippen LogP) is 3.46. The quantitative estimate of drug-likeness (QED) is 0.850. The van der Waals surface area contributed by atoms with Crippen molar-refractivity contribution in [1.29, 1.82) is 0 Å². The Labute approximate surface area is 140 Å². The number of aryl methyl sites for hydroxylation is 1. The molecular formula is C17H20ClN3O2. The average molecular weight is 334 g/mol. The van der Waals surface area contributed by atoms with Crippen molar-refractivity contribution < 1.29 is 9.90 Å². The molecule has 0 aliphatic heterocycles. The topological polar surface area (TPSA) is 65.5 Å². The molecule has 1 aromatic carbocycles. The summed E-state index contributed by atoms with van der Waals surface area (Å²) in [5.41, 5.74) is 2.56. The lowest BCUT2D eigenvalue weighted by Crippen LogP contribution is -2.35. The van der Waals surface area contributed by atoms with Gasteiger partial charge in [0.05, 0.1) is 0 Å². The SMILES string of the molecule is Cc1cnccc1NC(=O)N(CCCO)Cc1cccc(Cl)c1. The Bertz CT molecular complexity index is 664. The van der Waals surface area contributed by atoms with Gasteiger partial charge in [0.1, 0.15) is 0 Å². The minimum absolute atomic E-state index is 0.0353. The Morgan fingerprint density at radius 2 is 2.22 bits per heavy atom. The number of halogens is 1. The molecule has 2 amide bonds. The lowest BCUT2D eigenvalue weighted by atomic mass is 10.2. The highest BCUT2D eigenvalue weighted by atomic mass is 35.5. The summed E-state index contributed by atoms with van der Waals surface area (Å²) in [5.74, 6) is 0. The van der Waals surface area contributed by atoms with Crippen LogP contribution in [0.1, 0.15) is 17.5 Å². The molecule has 6 heteroatoms. The van der Waals surface area contributed by atoms with Crippen LogP contribution < -0.4 is 5.32 Å². The van der Waals surface area contributed by atoms with Crippen molar-refractivity contribution in [3.8, 4) is 0 Å². The highest BCUT2D eigenvalue weighted by Crippen LogP contribution is 2.16. The van der Waals surface area contributed by atoms with E-state index in [-0.39, 0.29) is 12.6 Å². The maximum Gasteiger partial charge on any atom is 0.322 e. The van der Waals surface area contributed by atoms with Gasteiger partial charge >= 0.3 is 6.03 Å². The Balaban J connectivity index is 2.10. The van der Waals surface area contributed by atoms with Crippen LogP contribution in [0, 0.1) is 6.92 Å². The molecule has 122 valence electrons. The van der Waals surface area contributed by atoms with Gasteiger partial charge in [0.25, 0.3) is 0 Å². The number of anilines is 1. The van der Waals surface area contributed by atoms with Gasteiger partial charge in [-0.1, -0.05) is 23.7 Å². The number of hydrogen-bond acceptors (Lipinski definition) is 3. The Morgan fingerprint density at radius 3 is 2.91 bits per heavy atom. The molecule has 1 aromatic heterocycles. The van der Waals surface area contributed by atoms with E-state index in [9.17, 15) is 4.79 Å². The molecule has 23 heavy (non-hydrogen) atoms. The zero-order valence-electron chi connectivity index (χ0n) is 13.0. The molecule has 0 saturated heterocycles. The monoisotopic (exact) mass is 333 g/mol. The summed E-state index contributed by atoms with van der Waals surface area (Å²) in [6.07, 6.45) is 3.85. The average Bonchev–Trinajstić information content (AvgIpc) is 2.53. The van der Waals surface area contributed by atoms with Gasteiger partial charge in [-0.2, -0.15) is 0 Å². The van der Waals surface area contributed by atoms with E-state index in [1.54, 1.807) is 29.4 Å². The van der Waals surface area contributed by atoms with Crippen LogP contribution in [0.2, 0.25) is 5.02 Å². The zero-order chi connectivity index (χ0) is 16.7. The number of urea groups is 1. The van der Waals surface area contributed by atoms with Crippen molar-refractivity contribution in [3.63, 3.8) is 0 Å². The summed E-state index contributed by atoms with van der Waals surface area (Å²) >= 11 is 6.00. The van der Waals surface area contributed by atoms with Crippen LogP contribution in [-0.2, 0) is 6.54 Å². The minimum Gasteiger partial charge on any atom is -0.396 e. The van der Waals surface area contributed by atoms with E-state index in [2.05, 4.69) is 10.3 Å². The van der Waals surface area contributed by atoms with Crippen molar-refractivity contribution in [1.82, 2.24) is 9.88 Å². The van der Waals surface area contributed by atoms with Crippen LogP contribution in [-0.4, -0.2) is 34.2 Å². The van der Waals surface area contributed by atoms with Gasteiger partial charge in [0.15, 0.2) is 0 Å². The van der Waals surface area contributed by atoms with Crippen LogP contribution in [0.25, 0.3) is 0 Å². The van der Waals surface area contributed by atoms with E-state index in [1.807, 2.05) is 25.1 Å². The first-order valence-electron chi connectivity index (χ1n) is 7.42. The van der Waals surface area contributed by atoms with E-state index < -0.39 is 0 Å². The number of carbonyl (C=O) groups is 1. The fraction of sp³-hybridized carbons (Fsp3) is 0.294. The number of carbonyl (C=O) groups excluding carboxylic acids is 1. The molecule has 5 nitrogen and oxygen atoms in total. The number of nitrogens with zero attached hydrogens (tertiary/aromatic N) is 2. The highest BCUT2D eigenvalue weighted by Gasteiger charge is 2.15. The predicted molar refractivity (Wildman–Crippen MR) is 91.6 cm³/mol. The summed E-state index contributed by atoms with van der Waals surface area (Å²) in [6, 6.07) is 8.95.